The normalized spacial score (nSPS) is 13.1. The number of amides is 1. The van der Waals surface area contributed by atoms with Crippen molar-refractivity contribution >= 4 is 17.5 Å². The van der Waals surface area contributed by atoms with E-state index in [1.54, 1.807) is 13.3 Å². The zero-order valence-electron chi connectivity index (χ0n) is 16.0. The molecule has 0 aliphatic carbocycles. The number of hydrogen-bond donors (Lipinski definition) is 1. The van der Waals surface area contributed by atoms with Crippen LogP contribution in [0.3, 0.4) is 0 Å². The number of rotatable bonds is 8. The van der Waals surface area contributed by atoms with Gasteiger partial charge in [-0.25, -0.2) is 4.68 Å². The summed E-state index contributed by atoms with van der Waals surface area (Å²) in [5.74, 6) is -0.0333. The van der Waals surface area contributed by atoms with E-state index in [9.17, 15) is 4.79 Å². The van der Waals surface area contributed by atoms with E-state index in [2.05, 4.69) is 10.4 Å². The fourth-order valence-electron chi connectivity index (χ4n) is 3.18. The van der Waals surface area contributed by atoms with E-state index in [-0.39, 0.29) is 18.1 Å². The summed E-state index contributed by atoms with van der Waals surface area (Å²) in [5, 5.41) is 8.01. The number of carbonyl (C=O) groups is 1. The van der Waals surface area contributed by atoms with Crippen LogP contribution in [0.2, 0.25) is 5.02 Å². The monoisotopic (exact) mass is 397 g/mol. The Kier molecular flexibility index (Phi) is 6.85. The molecular formula is C22H24ClN3O2. The smallest absolute Gasteiger partial charge is 0.220 e. The molecule has 2 atom stereocenters. The van der Waals surface area contributed by atoms with Crippen LogP contribution in [-0.4, -0.2) is 28.8 Å². The second kappa shape index (κ2) is 9.53. The number of aryl methyl sites for hydroxylation is 1. The van der Waals surface area contributed by atoms with E-state index in [1.165, 1.54) is 0 Å². The van der Waals surface area contributed by atoms with Gasteiger partial charge in [0.1, 0.15) is 6.10 Å². The molecule has 1 N–H and O–H groups in total. The molecule has 0 saturated carbocycles. The summed E-state index contributed by atoms with van der Waals surface area (Å²) in [6.45, 7) is 1.92. The summed E-state index contributed by atoms with van der Waals surface area (Å²) in [7, 11) is 1.62. The van der Waals surface area contributed by atoms with Crippen LogP contribution >= 0.6 is 11.6 Å². The lowest BCUT2D eigenvalue weighted by molar-refractivity contribution is -0.122. The summed E-state index contributed by atoms with van der Waals surface area (Å²) < 4.78 is 7.40. The molecule has 28 heavy (non-hydrogen) atoms. The third kappa shape index (κ3) is 5.00. The lowest BCUT2D eigenvalue weighted by Gasteiger charge is -2.25. The molecule has 0 fully saturated rings. The Morgan fingerprint density at radius 1 is 1.18 bits per heavy atom. The first-order chi connectivity index (χ1) is 13.6. The zero-order valence-corrected chi connectivity index (χ0v) is 16.8. The average molecular weight is 398 g/mol. The minimum Gasteiger partial charge on any atom is -0.375 e. The van der Waals surface area contributed by atoms with Gasteiger partial charge in [-0.3, -0.25) is 4.79 Å². The minimum absolute atomic E-state index is 0.0333. The van der Waals surface area contributed by atoms with Crippen LogP contribution in [0.5, 0.6) is 0 Å². The molecule has 0 bridgehead atoms. The number of para-hydroxylation sites is 1. The third-order valence-corrected chi connectivity index (χ3v) is 4.95. The van der Waals surface area contributed by atoms with E-state index in [1.807, 2.05) is 72.4 Å². The Morgan fingerprint density at radius 2 is 1.89 bits per heavy atom. The van der Waals surface area contributed by atoms with Crippen molar-refractivity contribution in [1.82, 2.24) is 15.1 Å². The minimum atomic E-state index is -0.307. The first kappa shape index (κ1) is 20.1. The van der Waals surface area contributed by atoms with E-state index >= 15 is 0 Å². The molecule has 0 saturated heterocycles. The summed E-state index contributed by atoms with van der Waals surface area (Å²) in [6, 6.07) is 17.2. The fourth-order valence-corrected chi connectivity index (χ4v) is 3.42. The number of carbonyl (C=O) groups excluding carboxylic acids is 1. The van der Waals surface area contributed by atoms with Gasteiger partial charge < -0.3 is 10.1 Å². The molecule has 0 radical (unpaired) electrons. The average Bonchev–Trinajstić information content (AvgIpc) is 3.18. The number of methoxy groups -OCH3 is 1. The highest BCUT2D eigenvalue weighted by molar-refractivity contribution is 6.31. The number of halogens is 1. The highest BCUT2D eigenvalue weighted by Crippen LogP contribution is 2.27. The van der Waals surface area contributed by atoms with Gasteiger partial charge in [-0.2, -0.15) is 5.10 Å². The van der Waals surface area contributed by atoms with E-state index < -0.39 is 0 Å². The first-order valence-electron chi connectivity index (χ1n) is 9.24. The van der Waals surface area contributed by atoms with Gasteiger partial charge in [-0.05, 0) is 37.1 Å². The molecule has 6 heteroatoms. The predicted molar refractivity (Wildman–Crippen MR) is 111 cm³/mol. The topological polar surface area (TPSA) is 56.1 Å². The van der Waals surface area contributed by atoms with Crippen molar-refractivity contribution in [2.24, 2.45) is 0 Å². The summed E-state index contributed by atoms with van der Waals surface area (Å²) in [6.07, 6.45) is 4.44. The van der Waals surface area contributed by atoms with Gasteiger partial charge in [-0.1, -0.05) is 48.0 Å². The van der Waals surface area contributed by atoms with Gasteiger partial charge in [0.05, 0.1) is 17.9 Å². The van der Waals surface area contributed by atoms with Crippen molar-refractivity contribution in [2.45, 2.75) is 31.9 Å². The molecule has 1 aromatic heterocycles. The molecule has 2 aromatic carbocycles. The van der Waals surface area contributed by atoms with Crippen molar-refractivity contribution in [1.29, 1.82) is 0 Å². The molecule has 3 aromatic rings. The molecule has 1 amide bonds. The largest absolute Gasteiger partial charge is 0.375 e. The number of aromatic nitrogens is 2. The lowest BCUT2D eigenvalue weighted by atomic mass is 10.0. The quantitative estimate of drug-likeness (QED) is 0.614. The van der Waals surface area contributed by atoms with E-state index in [0.717, 1.165) is 16.8 Å². The number of ether oxygens (including phenoxy) is 1. The second-order valence-electron chi connectivity index (χ2n) is 6.66. The highest BCUT2D eigenvalue weighted by Gasteiger charge is 2.22. The highest BCUT2D eigenvalue weighted by atomic mass is 35.5. The number of nitrogens with zero attached hydrogens (tertiary/aromatic N) is 2. The molecule has 146 valence electrons. The molecule has 0 aliphatic rings. The number of nitrogens with one attached hydrogen (secondary N) is 1. The number of benzene rings is 2. The van der Waals surface area contributed by atoms with Crippen LogP contribution in [0.15, 0.2) is 67.0 Å². The van der Waals surface area contributed by atoms with Gasteiger partial charge in [0, 0.05) is 30.3 Å². The molecule has 0 spiro atoms. The molecular weight excluding hydrogens is 374 g/mol. The Hall–Kier alpha value is -2.63. The third-order valence-electron chi connectivity index (χ3n) is 4.61. The molecule has 3 rings (SSSR count). The van der Waals surface area contributed by atoms with Crippen LogP contribution in [0, 0.1) is 0 Å². The van der Waals surface area contributed by atoms with Crippen molar-refractivity contribution in [3.63, 3.8) is 0 Å². The predicted octanol–water partition coefficient (Wildman–Crippen LogP) is 4.35. The van der Waals surface area contributed by atoms with Crippen molar-refractivity contribution in [3.8, 4) is 5.69 Å². The van der Waals surface area contributed by atoms with Crippen molar-refractivity contribution < 1.29 is 9.53 Å². The summed E-state index contributed by atoms with van der Waals surface area (Å²) in [5.41, 5.74) is 2.87. The van der Waals surface area contributed by atoms with E-state index in [0.29, 0.717) is 17.9 Å². The summed E-state index contributed by atoms with van der Waals surface area (Å²) in [4.78, 5) is 12.4. The molecule has 5 nitrogen and oxygen atoms in total. The lowest BCUT2D eigenvalue weighted by Crippen LogP contribution is -2.38. The van der Waals surface area contributed by atoms with Crippen molar-refractivity contribution in [3.05, 3.63) is 83.1 Å². The maximum absolute atomic E-state index is 12.4. The standard InChI is InChI=1S/C22H24ClN3O2/c1-16(22(28-2)19-10-6-7-11-20(19)23)25-21(27)13-12-17-14-24-26(15-17)18-8-4-3-5-9-18/h3-11,14-16,22H,12-13H2,1-2H3,(H,25,27)/t16-,22+/m0/s1. The van der Waals surface area contributed by atoms with Crippen LogP contribution in [0.4, 0.5) is 0 Å². The Balaban J connectivity index is 1.55. The Morgan fingerprint density at radius 3 is 2.61 bits per heavy atom. The molecule has 0 aliphatic heterocycles. The number of hydrogen-bond acceptors (Lipinski definition) is 3. The fraction of sp³-hybridized carbons (Fsp3) is 0.273. The van der Waals surface area contributed by atoms with Crippen LogP contribution in [0.25, 0.3) is 5.69 Å². The SMILES string of the molecule is CO[C@@H](c1ccccc1Cl)[C@H](C)NC(=O)CCc1cnn(-c2ccccc2)c1. The maximum atomic E-state index is 12.4. The van der Waals surface area contributed by atoms with Gasteiger partial charge >= 0.3 is 0 Å². The molecule has 1 heterocycles. The van der Waals surface area contributed by atoms with Crippen LogP contribution in [0.1, 0.15) is 30.6 Å². The Bertz CT molecular complexity index is 911. The maximum Gasteiger partial charge on any atom is 0.220 e. The van der Waals surface area contributed by atoms with Crippen molar-refractivity contribution in [2.75, 3.05) is 7.11 Å². The summed E-state index contributed by atoms with van der Waals surface area (Å²) >= 11 is 6.27. The first-order valence-corrected chi connectivity index (χ1v) is 9.62. The molecule has 0 unspecified atom stereocenters. The zero-order chi connectivity index (χ0) is 19.9. The van der Waals surface area contributed by atoms with Gasteiger partial charge in [0.15, 0.2) is 0 Å². The second-order valence-corrected chi connectivity index (χ2v) is 7.07. The van der Waals surface area contributed by atoms with Gasteiger partial charge in [0.25, 0.3) is 0 Å². The van der Waals surface area contributed by atoms with Gasteiger partial charge in [-0.15, -0.1) is 0 Å². The van der Waals surface area contributed by atoms with Crippen LogP contribution < -0.4 is 5.32 Å². The van der Waals surface area contributed by atoms with Gasteiger partial charge in [0.2, 0.25) is 5.91 Å². The Labute approximate surface area is 170 Å². The van der Waals surface area contributed by atoms with Crippen LogP contribution in [-0.2, 0) is 16.0 Å². The van der Waals surface area contributed by atoms with E-state index in [4.69, 9.17) is 16.3 Å².